The van der Waals surface area contributed by atoms with Crippen LogP contribution >= 0.6 is 0 Å². The minimum absolute atomic E-state index is 0.635. The van der Waals surface area contributed by atoms with E-state index in [1.165, 1.54) is 0 Å². The van der Waals surface area contributed by atoms with Gasteiger partial charge in [-0.15, -0.1) is 0 Å². The monoisotopic (exact) mass is 776 g/mol. The Hall–Kier alpha value is -2.76. The maximum atomic E-state index is 12.3. The first-order valence-electron chi connectivity index (χ1n) is 16.1. The summed E-state index contributed by atoms with van der Waals surface area (Å²) in [5.74, 6) is -9.86. The van der Waals surface area contributed by atoms with Crippen LogP contribution in [0.3, 0.4) is 0 Å². The summed E-state index contributed by atoms with van der Waals surface area (Å²) >= 11 is 0. The molecule has 0 spiro atoms. The smallest absolute Gasteiger partial charge is 0.335 e. The van der Waals surface area contributed by atoms with Crippen molar-refractivity contribution in [3.63, 3.8) is 0 Å². The van der Waals surface area contributed by atoms with Crippen molar-refractivity contribution in [2.24, 2.45) is 11.8 Å². The standard InChI is InChI=1S/C29H44O24/c1-46-20-15(35)17(37)29(53-22(20)26(42)43)51-18-6(24(38)39)3-8(11(31)13(18)33)49-21-14(34)12(32)9(50-23(21)27(44)45)5-48-4-7-10(30)16(36)28(47-2)52-19(7)25(40)41/h6-23,28-37H,3-5H2,1-2H3,(H,38,39)(H,40,41)(H,42,43)(H,44,45)/t6?,7-,8+,9+,10+,11?,12?,13-,14-,15-,16?,17?,18+,19?,20-,21-,22?,23?,28-,29+/m0/s1. The number of carbonyl (C=O) groups is 4. The summed E-state index contributed by atoms with van der Waals surface area (Å²) in [5.41, 5.74) is 0. The molecule has 12 N–H and O–H groups in total. The number of hydrogen-bond acceptors (Lipinski definition) is 20. The molecule has 53 heavy (non-hydrogen) atoms. The fourth-order valence-electron chi connectivity index (χ4n) is 6.79. The number of aliphatic carboxylic acids is 4. The van der Waals surface area contributed by atoms with Crippen molar-refractivity contribution in [1.82, 2.24) is 0 Å². The van der Waals surface area contributed by atoms with Crippen molar-refractivity contribution in [3.8, 4) is 0 Å². The minimum Gasteiger partial charge on any atom is -0.481 e. The Morgan fingerprint density at radius 1 is 0.528 bits per heavy atom. The van der Waals surface area contributed by atoms with Crippen LogP contribution in [0.2, 0.25) is 0 Å². The number of ether oxygens (including phenoxy) is 8. The molecule has 4 aliphatic rings. The predicted octanol–water partition coefficient (Wildman–Crippen LogP) is -7.12. The number of aliphatic hydroxyl groups excluding tert-OH is 8. The Kier molecular flexibility index (Phi) is 14.4. The van der Waals surface area contributed by atoms with E-state index in [2.05, 4.69) is 0 Å². The van der Waals surface area contributed by atoms with E-state index in [1.807, 2.05) is 0 Å². The summed E-state index contributed by atoms with van der Waals surface area (Å²) < 4.78 is 41.8. The highest BCUT2D eigenvalue weighted by Gasteiger charge is 2.56. The fraction of sp³-hybridized carbons (Fsp3) is 0.862. The molecule has 3 heterocycles. The van der Waals surface area contributed by atoms with Crippen molar-refractivity contribution < 1.29 is 118 Å². The van der Waals surface area contributed by atoms with Gasteiger partial charge in [0.2, 0.25) is 0 Å². The molecule has 8 unspecified atom stereocenters. The SMILES string of the molecule is CO[C@H]1OC(C(=O)O)[C@@H](COC[C@H]2OC(C(=O)O)[C@@H](O[C@@H]3CC(C(=O)O)[C@@H](O[C@@H]4OC(C(=O)O)[C@@H](OC)[C@@H](O)C4O)[C@@H](O)C3O)[C@@H](O)C2O)[C@@H](O)C1O. The van der Waals surface area contributed by atoms with Crippen LogP contribution < -0.4 is 0 Å². The lowest BCUT2D eigenvalue weighted by molar-refractivity contribution is -0.328. The molecule has 24 heteroatoms. The van der Waals surface area contributed by atoms with Gasteiger partial charge in [0.1, 0.15) is 67.1 Å². The molecule has 3 aliphatic heterocycles. The molecule has 304 valence electrons. The van der Waals surface area contributed by atoms with Gasteiger partial charge in [0.05, 0.1) is 31.3 Å². The summed E-state index contributed by atoms with van der Waals surface area (Å²) in [7, 11) is 2.14. The van der Waals surface area contributed by atoms with E-state index < -0.39 is 166 Å². The summed E-state index contributed by atoms with van der Waals surface area (Å²) in [6.07, 6.45) is -34.8. The van der Waals surface area contributed by atoms with Gasteiger partial charge in [-0.25, -0.2) is 14.4 Å². The topological polar surface area (TPSA) is 385 Å². The number of carboxylic acids is 4. The molecule has 0 aromatic heterocycles. The molecule has 0 radical (unpaired) electrons. The van der Waals surface area contributed by atoms with Gasteiger partial charge in [-0.3, -0.25) is 4.79 Å². The zero-order valence-electron chi connectivity index (χ0n) is 27.9. The average Bonchev–Trinajstić information content (AvgIpc) is 3.10. The van der Waals surface area contributed by atoms with Crippen LogP contribution in [-0.4, -0.2) is 223 Å². The Morgan fingerprint density at radius 2 is 1.06 bits per heavy atom. The maximum absolute atomic E-state index is 12.3. The molecule has 3 saturated heterocycles. The highest BCUT2D eigenvalue weighted by Crippen LogP contribution is 2.36. The van der Waals surface area contributed by atoms with Gasteiger partial charge in [-0.2, -0.15) is 0 Å². The molecule has 24 nitrogen and oxygen atoms in total. The third-order valence-electron chi connectivity index (χ3n) is 9.69. The Labute approximate surface area is 298 Å². The van der Waals surface area contributed by atoms with E-state index in [4.69, 9.17) is 37.9 Å². The van der Waals surface area contributed by atoms with Gasteiger partial charge in [-0.1, -0.05) is 0 Å². The second-order valence-electron chi connectivity index (χ2n) is 12.9. The summed E-state index contributed by atoms with van der Waals surface area (Å²) in [5, 5.41) is 124. The van der Waals surface area contributed by atoms with E-state index in [0.29, 0.717) is 0 Å². The van der Waals surface area contributed by atoms with Crippen LogP contribution in [0.1, 0.15) is 6.42 Å². The summed E-state index contributed by atoms with van der Waals surface area (Å²) in [4.78, 5) is 47.9. The third kappa shape index (κ3) is 8.88. The van der Waals surface area contributed by atoms with Crippen molar-refractivity contribution in [3.05, 3.63) is 0 Å². The number of hydrogen-bond donors (Lipinski definition) is 12. The molecular formula is C29H44O24. The van der Waals surface area contributed by atoms with E-state index in [0.717, 1.165) is 14.2 Å². The zero-order chi connectivity index (χ0) is 39.6. The first kappa shape index (κ1) is 43.0. The first-order valence-corrected chi connectivity index (χ1v) is 16.1. The van der Waals surface area contributed by atoms with Crippen molar-refractivity contribution in [2.45, 2.75) is 117 Å². The van der Waals surface area contributed by atoms with Crippen LogP contribution in [0.25, 0.3) is 0 Å². The largest absolute Gasteiger partial charge is 0.481 e. The van der Waals surface area contributed by atoms with Gasteiger partial charge in [0.25, 0.3) is 0 Å². The van der Waals surface area contributed by atoms with Gasteiger partial charge >= 0.3 is 23.9 Å². The van der Waals surface area contributed by atoms with Crippen LogP contribution in [0.15, 0.2) is 0 Å². The van der Waals surface area contributed by atoms with Crippen LogP contribution in [-0.2, 0) is 57.1 Å². The summed E-state index contributed by atoms with van der Waals surface area (Å²) in [6.45, 7) is -1.35. The van der Waals surface area contributed by atoms with E-state index in [1.54, 1.807) is 0 Å². The molecule has 4 fully saturated rings. The van der Waals surface area contributed by atoms with Crippen molar-refractivity contribution >= 4 is 23.9 Å². The summed E-state index contributed by atoms with van der Waals surface area (Å²) in [6, 6.07) is 0. The normalized spacial score (nSPS) is 46.4. The van der Waals surface area contributed by atoms with Crippen molar-refractivity contribution in [1.29, 1.82) is 0 Å². The van der Waals surface area contributed by atoms with Gasteiger partial charge in [-0.05, 0) is 6.42 Å². The minimum atomic E-state index is -2.21. The molecule has 0 aromatic rings. The fourth-order valence-corrected chi connectivity index (χ4v) is 6.79. The highest BCUT2D eigenvalue weighted by atomic mass is 16.7. The molecule has 1 aliphatic carbocycles. The molecule has 20 atom stereocenters. The lowest BCUT2D eigenvalue weighted by atomic mass is 9.80. The molecule has 4 rings (SSSR count). The average molecular weight is 777 g/mol. The molecular weight excluding hydrogens is 732 g/mol. The highest BCUT2D eigenvalue weighted by molar-refractivity contribution is 5.74. The first-order chi connectivity index (χ1) is 24.9. The molecule has 0 amide bonds. The van der Waals surface area contributed by atoms with Gasteiger partial charge in [0.15, 0.2) is 30.9 Å². The van der Waals surface area contributed by atoms with Gasteiger partial charge < -0.3 is 99.2 Å². The van der Waals surface area contributed by atoms with Crippen LogP contribution in [0, 0.1) is 11.8 Å². The molecule has 0 aromatic carbocycles. The van der Waals surface area contributed by atoms with Crippen LogP contribution in [0.4, 0.5) is 0 Å². The van der Waals surface area contributed by atoms with E-state index >= 15 is 0 Å². The van der Waals surface area contributed by atoms with Gasteiger partial charge in [0, 0.05) is 20.1 Å². The Morgan fingerprint density at radius 3 is 1.60 bits per heavy atom. The number of rotatable bonds is 14. The van der Waals surface area contributed by atoms with E-state index in [-0.39, 0.29) is 0 Å². The maximum Gasteiger partial charge on any atom is 0.335 e. The number of carboxylic acid groups (broad SMARTS) is 4. The third-order valence-corrected chi connectivity index (χ3v) is 9.69. The second-order valence-corrected chi connectivity index (χ2v) is 12.9. The lowest BCUT2D eigenvalue weighted by Crippen LogP contribution is -2.66. The molecule has 1 saturated carbocycles. The van der Waals surface area contributed by atoms with E-state index in [9.17, 15) is 80.5 Å². The number of aliphatic hydroxyl groups is 8. The van der Waals surface area contributed by atoms with Crippen LogP contribution in [0.5, 0.6) is 0 Å². The lowest BCUT2D eigenvalue weighted by Gasteiger charge is -2.47. The quantitative estimate of drug-likeness (QED) is 0.0779. The Bertz CT molecular complexity index is 1280. The Balaban J connectivity index is 1.44. The molecule has 0 bridgehead atoms. The number of methoxy groups -OCH3 is 2. The predicted molar refractivity (Wildman–Crippen MR) is 158 cm³/mol. The van der Waals surface area contributed by atoms with Crippen molar-refractivity contribution in [2.75, 3.05) is 27.4 Å². The second kappa shape index (κ2) is 17.8. The zero-order valence-corrected chi connectivity index (χ0v) is 27.9.